The number of ether oxygens (including phenoxy) is 1. The van der Waals surface area contributed by atoms with Crippen molar-refractivity contribution in [2.45, 2.75) is 12.6 Å². The quantitative estimate of drug-likeness (QED) is 0.786. The molecule has 0 saturated heterocycles. The standard InChI is InChI=1S/C16H15N3OS/c17-15(12-7-3-1-4-8-12)16-19-18-14(21-16)11-20-13-9-5-2-6-10-13/h1-10,15H,11,17H2. The zero-order valence-corrected chi connectivity index (χ0v) is 12.2. The van der Waals surface area contributed by atoms with Gasteiger partial charge in [0.05, 0.1) is 6.04 Å². The van der Waals surface area contributed by atoms with Crippen molar-refractivity contribution >= 4 is 11.3 Å². The third-order valence-corrected chi connectivity index (χ3v) is 3.99. The smallest absolute Gasteiger partial charge is 0.155 e. The Morgan fingerprint density at radius 1 is 0.952 bits per heavy atom. The summed E-state index contributed by atoms with van der Waals surface area (Å²) >= 11 is 1.48. The van der Waals surface area contributed by atoms with Crippen molar-refractivity contribution in [3.63, 3.8) is 0 Å². The molecule has 0 aliphatic rings. The van der Waals surface area contributed by atoms with Gasteiger partial charge in [0.2, 0.25) is 0 Å². The lowest BCUT2D eigenvalue weighted by atomic mass is 10.1. The molecule has 3 aromatic rings. The molecule has 0 aliphatic heterocycles. The summed E-state index contributed by atoms with van der Waals surface area (Å²) in [4.78, 5) is 0. The van der Waals surface area contributed by atoms with Crippen LogP contribution in [-0.2, 0) is 6.61 Å². The second-order valence-corrected chi connectivity index (χ2v) is 5.62. The van der Waals surface area contributed by atoms with Crippen LogP contribution in [0.25, 0.3) is 0 Å². The van der Waals surface area contributed by atoms with Gasteiger partial charge in [-0.3, -0.25) is 0 Å². The van der Waals surface area contributed by atoms with E-state index in [2.05, 4.69) is 10.2 Å². The van der Waals surface area contributed by atoms with E-state index in [4.69, 9.17) is 10.5 Å². The summed E-state index contributed by atoms with van der Waals surface area (Å²) in [7, 11) is 0. The fourth-order valence-corrected chi connectivity index (χ4v) is 2.70. The number of nitrogens with two attached hydrogens (primary N) is 1. The van der Waals surface area contributed by atoms with Gasteiger partial charge in [-0.25, -0.2) is 0 Å². The molecule has 1 unspecified atom stereocenters. The Balaban J connectivity index is 1.66. The topological polar surface area (TPSA) is 61.0 Å². The summed E-state index contributed by atoms with van der Waals surface area (Å²) in [5.41, 5.74) is 7.24. The maximum Gasteiger partial charge on any atom is 0.155 e. The van der Waals surface area contributed by atoms with Gasteiger partial charge in [0.1, 0.15) is 17.4 Å². The van der Waals surface area contributed by atoms with Crippen LogP contribution in [-0.4, -0.2) is 10.2 Å². The number of benzene rings is 2. The molecular formula is C16H15N3OS. The molecule has 21 heavy (non-hydrogen) atoms. The van der Waals surface area contributed by atoms with Gasteiger partial charge in [0.15, 0.2) is 5.01 Å². The average Bonchev–Trinajstić information content (AvgIpc) is 3.03. The van der Waals surface area contributed by atoms with Crippen molar-refractivity contribution in [1.29, 1.82) is 0 Å². The fourth-order valence-electron chi connectivity index (χ4n) is 1.92. The molecule has 0 fully saturated rings. The summed E-state index contributed by atoms with van der Waals surface area (Å²) in [5, 5.41) is 9.93. The summed E-state index contributed by atoms with van der Waals surface area (Å²) < 4.78 is 5.66. The van der Waals surface area contributed by atoms with Gasteiger partial charge in [-0.1, -0.05) is 59.9 Å². The Hall–Kier alpha value is -2.24. The SMILES string of the molecule is NC(c1ccccc1)c1nnc(COc2ccccc2)s1. The largest absolute Gasteiger partial charge is 0.486 e. The van der Waals surface area contributed by atoms with Crippen molar-refractivity contribution in [3.8, 4) is 5.75 Å². The van der Waals surface area contributed by atoms with Crippen molar-refractivity contribution in [1.82, 2.24) is 10.2 Å². The highest BCUT2D eigenvalue weighted by Crippen LogP contribution is 2.23. The highest BCUT2D eigenvalue weighted by atomic mass is 32.1. The molecule has 0 amide bonds. The summed E-state index contributed by atoms with van der Waals surface area (Å²) in [6.07, 6.45) is 0. The highest BCUT2D eigenvalue weighted by molar-refractivity contribution is 7.11. The van der Waals surface area contributed by atoms with E-state index in [-0.39, 0.29) is 6.04 Å². The molecule has 1 aromatic heterocycles. The predicted molar refractivity (Wildman–Crippen MR) is 83.2 cm³/mol. The van der Waals surface area contributed by atoms with Gasteiger partial charge in [0, 0.05) is 0 Å². The number of hydrogen-bond acceptors (Lipinski definition) is 5. The highest BCUT2D eigenvalue weighted by Gasteiger charge is 2.14. The second-order valence-electron chi connectivity index (χ2n) is 4.52. The molecule has 2 N–H and O–H groups in total. The minimum absolute atomic E-state index is 0.242. The molecule has 5 heteroatoms. The summed E-state index contributed by atoms with van der Waals surface area (Å²) in [5.74, 6) is 0.821. The first-order valence-electron chi connectivity index (χ1n) is 6.63. The molecule has 0 radical (unpaired) electrons. The van der Waals surface area contributed by atoms with Crippen LogP contribution in [0.1, 0.15) is 21.6 Å². The Kier molecular flexibility index (Phi) is 4.23. The first kappa shape index (κ1) is 13.7. The molecule has 4 nitrogen and oxygen atoms in total. The van der Waals surface area contributed by atoms with Crippen LogP contribution in [0.15, 0.2) is 60.7 Å². The first-order valence-corrected chi connectivity index (χ1v) is 7.45. The lowest BCUT2D eigenvalue weighted by Gasteiger charge is -2.07. The normalized spacial score (nSPS) is 12.0. The van der Waals surface area contributed by atoms with E-state index in [9.17, 15) is 0 Å². The van der Waals surface area contributed by atoms with Crippen molar-refractivity contribution < 1.29 is 4.74 Å². The second kappa shape index (κ2) is 6.47. The van der Waals surface area contributed by atoms with E-state index < -0.39 is 0 Å². The third kappa shape index (κ3) is 3.45. The number of hydrogen-bond donors (Lipinski definition) is 1. The van der Waals surface area contributed by atoms with Crippen LogP contribution < -0.4 is 10.5 Å². The van der Waals surface area contributed by atoms with Crippen LogP contribution in [0.4, 0.5) is 0 Å². The van der Waals surface area contributed by atoms with E-state index in [0.717, 1.165) is 21.3 Å². The lowest BCUT2D eigenvalue weighted by Crippen LogP contribution is -2.11. The van der Waals surface area contributed by atoms with E-state index in [1.54, 1.807) is 0 Å². The van der Waals surface area contributed by atoms with Gasteiger partial charge < -0.3 is 10.5 Å². The van der Waals surface area contributed by atoms with E-state index in [1.807, 2.05) is 60.7 Å². The fraction of sp³-hybridized carbons (Fsp3) is 0.125. The third-order valence-electron chi connectivity index (χ3n) is 3.01. The minimum Gasteiger partial charge on any atom is -0.486 e. The van der Waals surface area contributed by atoms with Gasteiger partial charge in [-0.2, -0.15) is 0 Å². The van der Waals surface area contributed by atoms with Gasteiger partial charge >= 0.3 is 0 Å². The van der Waals surface area contributed by atoms with Crippen LogP contribution in [0.3, 0.4) is 0 Å². The first-order chi connectivity index (χ1) is 10.3. The van der Waals surface area contributed by atoms with Gasteiger partial charge in [0.25, 0.3) is 0 Å². The zero-order valence-electron chi connectivity index (χ0n) is 11.3. The van der Waals surface area contributed by atoms with Crippen LogP contribution in [0.5, 0.6) is 5.75 Å². The van der Waals surface area contributed by atoms with Crippen LogP contribution >= 0.6 is 11.3 Å². The molecule has 0 spiro atoms. The molecule has 0 saturated carbocycles. The van der Waals surface area contributed by atoms with Crippen LogP contribution in [0.2, 0.25) is 0 Å². The Morgan fingerprint density at radius 3 is 2.33 bits per heavy atom. The van der Waals surface area contributed by atoms with E-state index in [0.29, 0.717) is 6.61 Å². The number of rotatable bonds is 5. The average molecular weight is 297 g/mol. The van der Waals surface area contributed by atoms with E-state index in [1.165, 1.54) is 11.3 Å². The molecule has 2 aromatic carbocycles. The number of nitrogens with zero attached hydrogens (tertiary/aromatic N) is 2. The number of aromatic nitrogens is 2. The Bertz CT molecular complexity index is 685. The van der Waals surface area contributed by atoms with Crippen LogP contribution in [0, 0.1) is 0 Å². The zero-order chi connectivity index (χ0) is 14.5. The number of para-hydroxylation sites is 1. The maximum absolute atomic E-state index is 6.20. The van der Waals surface area contributed by atoms with Crippen molar-refractivity contribution in [3.05, 3.63) is 76.2 Å². The molecule has 1 atom stereocenters. The van der Waals surface area contributed by atoms with Gasteiger partial charge in [-0.15, -0.1) is 10.2 Å². The van der Waals surface area contributed by atoms with Crippen molar-refractivity contribution in [2.24, 2.45) is 5.73 Å². The Morgan fingerprint density at radius 2 is 1.62 bits per heavy atom. The predicted octanol–water partition coefficient (Wildman–Crippen LogP) is 3.17. The summed E-state index contributed by atoms with van der Waals surface area (Å²) in [6.45, 7) is 0.406. The molecule has 1 heterocycles. The Labute approximate surface area is 127 Å². The monoisotopic (exact) mass is 297 g/mol. The summed E-state index contributed by atoms with van der Waals surface area (Å²) in [6, 6.07) is 19.3. The molecular weight excluding hydrogens is 282 g/mol. The van der Waals surface area contributed by atoms with Crippen molar-refractivity contribution in [2.75, 3.05) is 0 Å². The lowest BCUT2D eigenvalue weighted by molar-refractivity contribution is 0.304. The molecule has 0 bridgehead atoms. The van der Waals surface area contributed by atoms with E-state index >= 15 is 0 Å². The van der Waals surface area contributed by atoms with Gasteiger partial charge in [-0.05, 0) is 17.7 Å². The molecule has 106 valence electrons. The minimum atomic E-state index is -0.242. The maximum atomic E-state index is 6.20. The molecule has 3 rings (SSSR count). The molecule has 0 aliphatic carbocycles.